The zero-order valence-electron chi connectivity index (χ0n) is 4.31. The smallest absolute Gasteiger partial charge is 1.00 e. The fourth-order valence-corrected chi connectivity index (χ4v) is 0. The van der Waals surface area contributed by atoms with E-state index in [1.165, 1.54) is 0 Å². The van der Waals surface area contributed by atoms with Crippen LogP contribution in [0.1, 0.15) is 2.85 Å². The van der Waals surface area contributed by atoms with Crippen molar-refractivity contribution in [1.29, 1.82) is 0 Å². The first-order valence-electron chi connectivity index (χ1n) is 0. The molecule has 0 saturated heterocycles. The van der Waals surface area contributed by atoms with E-state index in [-0.39, 0.29) is 112 Å². The molecule has 0 aliphatic carbocycles. The molecule has 0 aromatic carbocycles. The van der Waals surface area contributed by atoms with E-state index in [0.29, 0.717) is 0 Å². The van der Waals surface area contributed by atoms with Gasteiger partial charge in [-0.3, -0.25) is 0 Å². The fourth-order valence-electron chi connectivity index (χ4n) is 0. The molecule has 0 aromatic heterocycles. The molecule has 0 aromatic rings. The second-order valence-corrected chi connectivity index (χ2v) is 0. The van der Waals surface area contributed by atoms with Crippen molar-refractivity contribution in [3.63, 3.8) is 0 Å². The summed E-state index contributed by atoms with van der Waals surface area (Å²) < 4.78 is 0. The SMILES string of the molecule is [Ba+2].[Ba+2].[H-].[H-].[OH-].[OH-]. The monoisotopic (exact) mass is 312 g/mol. The molecule has 4 heavy (non-hydrogen) atoms. The predicted octanol–water partition coefficient (Wildman–Crippen LogP) is -0.890. The molecule has 0 radical (unpaired) electrons. The van der Waals surface area contributed by atoms with Gasteiger partial charge in [-0.05, 0) is 0 Å². The van der Waals surface area contributed by atoms with Crippen molar-refractivity contribution in [2.45, 2.75) is 0 Å². The Morgan fingerprint density at radius 2 is 0.750 bits per heavy atom. The quantitative estimate of drug-likeness (QED) is 0.545. The van der Waals surface area contributed by atoms with Crippen molar-refractivity contribution >= 4 is 97.8 Å². The summed E-state index contributed by atoms with van der Waals surface area (Å²) in [5.74, 6) is 0. The molecule has 0 aliphatic rings. The van der Waals surface area contributed by atoms with Gasteiger partial charge >= 0.3 is 97.8 Å². The first-order chi connectivity index (χ1) is 0. The van der Waals surface area contributed by atoms with E-state index in [4.69, 9.17) is 0 Å². The Balaban J connectivity index is 0. The number of hydrogen-bond donors (Lipinski definition) is 0. The van der Waals surface area contributed by atoms with Crippen LogP contribution < -0.4 is 0 Å². The van der Waals surface area contributed by atoms with Crippen LogP contribution in [0.2, 0.25) is 0 Å². The van der Waals surface area contributed by atoms with Crippen LogP contribution in [0.25, 0.3) is 0 Å². The average molecular weight is 311 g/mol. The summed E-state index contributed by atoms with van der Waals surface area (Å²) in [6.45, 7) is 0. The van der Waals surface area contributed by atoms with E-state index < -0.39 is 0 Å². The Kier molecular flexibility index (Phi) is 115. The minimum atomic E-state index is 0. The van der Waals surface area contributed by atoms with E-state index in [2.05, 4.69) is 0 Å². The maximum absolute atomic E-state index is 0. The Morgan fingerprint density at radius 3 is 0.750 bits per heavy atom. The zero-order chi connectivity index (χ0) is 0. The van der Waals surface area contributed by atoms with E-state index in [9.17, 15) is 0 Å². The number of rotatable bonds is 0. The second-order valence-electron chi connectivity index (χ2n) is 0. The Hall–Kier alpha value is 3.06. The second kappa shape index (κ2) is 16.6. The van der Waals surface area contributed by atoms with Crippen LogP contribution in [-0.4, -0.2) is 109 Å². The largest absolute Gasteiger partial charge is 2.00 e. The van der Waals surface area contributed by atoms with Crippen LogP contribution in [0.3, 0.4) is 0 Å². The van der Waals surface area contributed by atoms with Crippen LogP contribution in [-0.2, 0) is 0 Å². The van der Waals surface area contributed by atoms with Gasteiger partial charge in [-0.2, -0.15) is 0 Å². The summed E-state index contributed by atoms with van der Waals surface area (Å²) in [6, 6.07) is 0. The van der Waals surface area contributed by atoms with Crippen molar-refractivity contribution in [1.82, 2.24) is 0 Å². The minimum absolute atomic E-state index is 0. The molecule has 4 heteroatoms. The van der Waals surface area contributed by atoms with Gasteiger partial charge in [-0.1, -0.05) is 0 Å². The Morgan fingerprint density at radius 1 is 0.750 bits per heavy atom. The van der Waals surface area contributed by atoms with Gasteiger partial charge in [0.05, 0.1) is 0 Å². The van der Waals surface area contributed by atoms with E-state index in [1.807, 2.05) is 0 Å². The molecule has 0 bridgehead atoms. The summed E-state index contributed by atoms with van der Waals surface area (Å²) in [5, 5.41) is 0. The molecule has 20 valence electrons. The average Bonchev–Trinajstić information content (AvgIpc) is 0. The van der Waals surface area contributed by atoms with Crippen molar-refractivity contribution < 1.29 is 13.8 Å². The topological polar surface area (TPSA) is 60.0 Å². The molecule has 0 spiro atoms. The molecular formula is H4Ba2O2. The van der Waals surface area contributed by atoms with Crippen molar-refractivity contribution in [3.05, 3.63) is 0 Å². The Labute approximate surface area is 108 Å². The van der Waals surface area contributed by atoms with Crippen LogP contribution in [0.4, 0.5) is 0 Å². The van der Waals surface area contributed by atoms with Gasteiger partial charge < -0.3 is 13.8 Å². The van der Waals surface area contributed by atoms with Gasteiger partial charge in [0.15, 0.2) is 0 Å². The number of hydrogen-bond acceptors (Lipinski definition) is 2. The molecule has 0 atom stereocenters. The van der Waals surface area contributed by atoms with Crippen LogP contribution in [0.5, 0.6) is 0 Å². The molecule has 0 heterocycles. The van der Waals surface area contributed by atoms with Gasteiger partial charge in [0.25, 0.3) is 0 Å². The van der Waals surface area contributed by atoms with Gasteiger partial charge in [-0.15, -0.1) is 0 Å². The predicted molar refractivity (Wildman–Crippen MR) is 17.6 cm³/mol. The van der Waals surface area contributed by atoms with Crippen LogP contribution in [0, 0.1) is 0 Å². The first-order valence-corrected chi connectivity index (χ1v) is 0. The third kappa shape index (κ3) is 8.91. The van der Waals surface area contributed by atoms with E-state index in [0.717, 1.165) is 0 Å². The maximum Gasteiger partial charge on any atom is 2.00 e. The summed E-state index contributed by atoms with van der Waals surface area (Å²) in [4.78, 5) is 0. The van der Waals surface area contributed by atoms with Gasteiger partial charge in [0.1, 0.15) is 0 Å². The molecule has 0 fully saturated rings. The normalized spacial score (nSPS) is 0. The maximum atomic E-state index is 0. The van der Waals surface area contributed by atoms with Crippen LogP contribution >= 0.6 is 0 Å². The molecule has 0 aliphatic heterocycles. The first kappa shape index (κ1) is 27.7. The molecule has 0 saturated carbocycles. The summed E-state index contributed by atoms with van der Waals surface area (Å²) >= 11 is 0. The van der Waals surface area contributed by atoms with Gasteiger partial charge in [-0.25, -0.2) is 0 Å². The minimum Gasteiger partial charge on any atom is -1.00 e. The standard InChI is InChI=1S/2Ba.2H2O.2H/h;;2*1H2;;/q2*+2;;;2*-1/p-2. The van der Waals surface area contributed by atoms with Gasteiger partial charge in [0.2, 0.25) is 0 Å². The van der Waals surface area contributed by atoms with E-state index in [1.54, 1.807) is 0 Å². The van der Waals surface area contributed by atoms with Gasteiger partial charge in [0, 0.05) is 0 Å². The summed E-state index contributed by atoms with van der Waals surface area (Å²) in [6.07, 6.45) is 0. The molecule has 0 amide bonds. The molecule has 0 unspecified atom stereocenters. The van der Waals surface area contributed by atoms with Crippen molar-refractivity contribution in [3.8, 4) is 0 Å². The molecule has 2 nitrogen and oxygen atoms in total. The fraction of sp³-hybridized carbons (Fsp3) is 0. The molecule has 2 N–H and O–H groups in total. The third-order valence-electron chi connectivity index (χ3n) is 0. The zero-order valence-corrected chi connectivity index (χ0v) is 11.2. The molecular weight excluding hydrogens is 307 g/mol. The van der Waals surface area contributed by atoms with E-state index >= 15 is 0 Å². The molecule has 0 rings (SSSR count). The summed E-state index contributed by atoms with van der Waals surface area (Å²) in [5.41, 5.74) is 0. The summed E-state index contributed by atoms with van der Waals surface area (Å²) in [7, 11) is 0. The van der Waals surface area contributed by atoms with Crippen molar-refractivity contribution in [2.24, 2.45) is 0 Å². The third-order valence-corrected chi connectivity index (χ3v) is 0. The Bertz CT molecular complexity index is 9.51. The van der Waals surface area contributed by atoms with Crippen LogP contribution in [0.15, 0.2) is 0 Å². The van der Waals surface area contributed by atoms with Crippen molar-refractivity contribution in [2.75, 3.05) is 0 Å².